The van der Waals surface area contributed by atoms with Crippen LogP contribution in [0.4, 0.5) is 18.9 Å². The van der Waals surface area contributed by atoms with Crippen LogP contribution in [0.2, 0.25) is 0 Å². The summed E-state index contributed by atoms with van der Waals surface area (Å²) in [5, 5.41) is 4.70. The van der Waals surface area contributed by atoms with Gasteiger partial charge in [0.25, 0.3) is 0 Å². The number of hydrogen-bond donors (Lipinski definition) is 1. The molecular formula is C22H21F3N2O2S. The molecule has 1 atom stereocenters. The second-order valence-electron chi connectivity index (χ2n) is 7.13. The maximum Gasteiger partial charge on any atom is 0.416 e. The van der Waals surface area contributed by atoms with Crippen molar-refractivity contribution in [3.05, 3.63) is 52.2 Å². The molecule has 0 aliphatic heterocycles. The van der Waals surface area contributed by atoms with Crippen molar-refractivity contribution in [3.8, 4) is 12.3 Å². The van der Waals surface area contributed by atoms with Crippen LogP contribution in [-0.2, 0) is 15.8 Å². The highest BCUT2D eigenvalue weighted by Crippen LogP contribution is 2.35. The summed E-state index contributed by atoms with van der Waals surface area (Å²) < 4.78 is 39.7. The topological polar surface area (TPSA) is 49.4 Å². The van der Waals surface area contributed by atoms with Gasteiger partial charge < -0.3 is 5.32 Å². The molecule has 4 nitrogen and oxygen atoms in total. The monoisotopic (exact) mass is 434 g/mol. The predicted molar refractivity (Wildman–Crippen MR) is 110 cm³/mol. The summed E-state index contributed by atoms with van der Waals surface area (Å²) in [6, 6.07) is 6.48. The van der Waals surface area contributed by atoms with Crippen molar-refractivity contribution in [2.45, 2.75) is 50.4 Å². The number of carbonyl (C=O) groups is 2. The molecule has 158 valence electrons. The number of hydrogen-bond acceptors (Lipinski definition) is 3. The zero-order chi connectivity index (χ0) is 21.7. The first kappa shape index (κ1) is 21.9. The van der Waals surface area contributed by atoms with Gasteiger partial charge in [-0.2, -0.15) is 13.2 Å². The Bertz CT molecular complexity index is 929. The molecule has 1 aliphatic rings. The van der Waals surface area contributed by atoms with E-state index in [2.05, 4.69) is 5.32 Å². The SMILES string of the molecule is C#CC(=O)N(c1cccc(C(F)(F)F)c1)C(C(=O)NC1CCCCC1)c1cccs1. The first-order valence-corrected chi connectivity index (χ1v) is 10.5. The molecule has 2 amide bonds. The van der Waals surface area contributed by atoms with E-state index < -0.39 is 29.6 Å². The molecule has 1 aliphatic carbocycles. The lowest BCUT2D eigenvalue weighted by atomic mass is 9.95. The number of amides is 2. The van der Waals surface area contributed by atoms with Crippen molar-refractivity contribution in [1.82, 2.24) is 5.32 Å². The molecule has 3 rings (SSSR count). The summed E-state index contributed by atoms with van der Waals surface area (Å²) in [5.41, 5.74) is -1.00. The van der Waals surface area contributed by atoms with Crippen LogP contribution >= 0.6 is 11.3 Å². The summed E-state index contributed by atoms with van der Waals surface area (Å²) >= 11 is 1.24. The molecule has 1 saturated carbocycles. The Morgan fingerprint density at radius 3 is 2.50 bits per heavy atom. The van der Waals surface area contributed by atoms with Gasteiger partial charge in [0.05, 0.1) is 5.56 Å². The minimum Gasteiger partial charge on any atom is -0.351 e. The van der Waals surface area contributed by atoms with E-state index in [4.69, 9.17) is 6.42 Å². The van der Waals surface area contributed by atoms with E-state index in [1.165, 1.54) is 23.5 Å². The molecule has 1 fully saturated rings. The van der Waals surface area contributed by atoms with Gasteiger partial charge in [-0.25, -0.2) is 0 Å². The van der Waals surface area contributed by atoms with Crippen LogP contribution in [0.5, 0.6) is 0 Å². The van der Waals surface area contributed by atoms with Gasteiger partial charge in [0.15, 0.2) is 6.04 Å². The van der Waals surface area contributed by atoms with Gasteiger partial charge in [-0.15, -0.1) is 17.8 Å². The molecule has 0 saturated heterocycles. The number of nitrogens with zero attached hydrogens (tertiary/aromatic N) is 1. The lowest BCUT2D eigenvalue weighted by Crippen LogP contribution is -2.46. The second-order valence-corrected chi connectivity index (χ2v) is 8.11. The number of alkyl halides is 3. The lowest BCUT2D eigenvalue weighted by Gasteiger charge is -2.31. The third-order valence-electron chi connectivity index (χ3n) is 5.06. The standard InChI is InChI=1S/C22H21F3N2O2S/c1-2-19(28)27(17-11-6-8-15(14-17)22(23,24)25)20(18-12-7-13-30-18)21(29)26-16-9-4-3-5-10-16/h1,6-8,11-14,16,20H,3-5,9-10H2,(H,26,29). The Labute approximate surface area is 177 Å². The number of thiophene rings is 1. The van der Waals surface area contributed by atoms with Crippen molar-refractivity contribution < 1.29 is 22.8 Å². The molecule has 1 N–H and O–H groups in total. The molecule has 1 aromatic heterocycles. The van der Waals surface area contributed by atoms with Crippen molar-refractivity contribution in [2.75, 3.05) is 4.90 Å². The van der Waals surface area contributed by atoms with Crippen LogP contribution in [-0.4, -0.2) is 17.9 Å². The summed E-state index contributed by atoms with van der Waals surface area (Å²) in [5.74, 6) is 0.617. The molecule has 1 heterocycles. The molecule has 0 bridgehead atoms. The molecule has 8 heteroatoms. The zero-order valence-electron chi connectivity index (χ0n) is 16.1. The summed E-state index contributed by atoms with van der Waals surface area (Å²) in [4.78, 5) is 27.4. The van der Waals surface area contributed by atoms with E-state index in [1.54, 1.807) is 17.5 Å². The zero-order valence-corrected chi connectivity index (χ0v) is 16.9. The Balaban J connectivity index is 2.02. The molecule has 2 aromatic rings. The Morgan fingerprint density at radius 2 is 1.90 bits per heavy atom. The fourth-order valence-electron chi connectivity index (χ4n) is 3.63. The van der Waals surface area contributed by atoms with E-state index in [-0.39, 0.29) is 11.7 Å². The van der Waals surface area contributed by atoms with Crippen molar-refractivity contribution >= 4 is 28.8 Å². The average molecular weight is 434 g/mol. The van der Waals surface area contributed by atoms with Crippen LogP contribution in [0.25, 0.3) is 0 Å². The normalized spacial score (nSPS) is 15.8. The smallest absolute Gasteiger partial charge is 0.351 e. The molecule has 1 aromatic carbocycles. The number of anilines is 1. The van der Waals surface area contributed by atoms with Gasteiger partial charge in [-0.05, 0) is 48.4 Å². The fraction of sp³-hybridized carbons (Fsp3) is 0.364. The highest BCUT2D eigenvalue weighted by atomic mass is 32.1. The van der Waals surface area contributed by atoms with Gasteiger partial charge in [0, 0.05) is 16.6 Å². The predicted octanol–water partition coefficient (Wildman–Crippen LogP) is 4.92. The second kappa shape index (κ2) is 9.35. The Kier molecular flexibility index (Phi) is 6.83. The van der Waals surface area contributed by atoms with Crippen LogP contribution in [0.3, 0.4) is 0 Å². The number of carbonyl (C=O) groups excluding carboxylic acids is 2. The van der Waals surface area contributed by atoms with Crippen LogP contribution in [0, 0.1) is 12.3 Å². The molecule has 1 unspecified atom stereocenters. The Morgan fingerprint density at radius 1 is 1.17 bits per heavy atom. The molecule has 0 radical (unpaired) electrons. The number of terminal acetylenes is 1. The van der Waals surface area contributed by atoms with Gasteiger partial charge in [-0.3, -0.25) is 14.5 Å². The maximum atomic E-state index is 13.2. The van der Waals surface area contributed by atoms with E-state index >= 15 is 0 Å². The van der Waals surface area contributed by atoms with Gasteiger partial charge >= 0.3 is 12.1 Å². The molecule has 30 heavy (non-hydrogen) atoms. The maximum absolute atomic E-state index is 13.2. The molecular weight excluding hydrogens is 413 g/mol. The van der Waals surface area contributed by atoms with Crippen LogP contribution < -0.4 is 10.2 Å². The highest BCUT2D eigenvalue weighted by molar-refractivity contribution is 7.10. The van der Waals surface area contributed by atoms with Crippen molar-refractivity contribution in [3.63, 3.8) is 0 Å². The van der Waals surface area contributed by atoms with Gasteiger partial charge in [0.2, 0.25) is 5.91 Å². The van der Waals surface area contributed by atoms with Crippen molar-refractivity contribution in [1.29, 1.82) is 0 Å². The van der Waals surface area contributed by atoms with E-state index in [0.717, 1.165) is 49.1 Å². The summed E-state index contributed by atoms with van der Waals surface area (Å²) in [6.07, 6.45) is 5.48. The third kappa shape index (κ3) is 5.03. The van der Waals surface area contributed by atoms with E-state index in [0.29, 0.717) is 4.88 Å². The van der Waals surface area contributed by atoms with Crippen LogP contribution in [0.15, 0.2) is 41.8 Å². The minimum atomic E-state index is -4.59. The fourth-order valence-corrected chi connectivity index (χ4v) is 4.45. The highest BCUT2D eigenvalue weighted by Gasteiger charge is 2.36. The lowest BCUT2D eigenvalue weighted by molar-refractivity contribution is -0.137. The Hall–Kier alpha value is -2.79. The van der Waals surface area contributed by atoms with Gasteiger partial charge in [0.1, 0.15) is 0 Å². The number of nitrogens with one attached hydrogen (secondary N) is 1. The van der Waals surface area contributed by atoms with Gasteiger partial charge in [-0.1, -0.05) is 31.4 Å². The first-order valence-electron chi connectivity index (χ1n) is 9.62. The first-order chi connectivity index (χ1) is 14.3. The van der Waals surface area contributed by atoms with Crippen LogP contribution in [0.1, 0.15) is 48.6 Å². The number of rotatable bonds is 5. The average Bonchev–Trinajstić information content (AvgIpc) is 3.25. The largest absolute Gasteiger partial charge is 0.416 e. The van der Waals surface area contributed by atoms with E-state index in [1.807, 2.05) is 5.92 Å². The molecule has 0 spiro atoms. The minimum absolute atomic E-state index is 0.0296. The quantitative estimate of drug-likeness (QED) is 0.679. The van der Waals surface area contributed by atoms with E-state index in [9.17, 15) is 22.8 Å². The third-order valence-corrected chi connectivity index (χ3v) is 5.99. The number of halogens is 3. The summed E-state index contributed by atoms with van der Waals surface area (Å²) in [7, 11) is 0. The van der Waals surface area contributed by atoms with Crippen molar-refractivity contribution in [2.24, 2.45) is 0 Å². The summed E-state index contributed by atoms with van der Waals surface area (Å²) in [6.45, 7) is 0. The number of benzene rings is 1.